The van der Waals surface area contributed by atoms with Gasteiger partial charge in [-0.1, -0.05) is 18.1 Å². The van der Waals surface area contributed by atoms with E-state index in [1.807, 2.05) is 51.3 Å². The van der Waals surface area contributed by atoms with Crippen molar-refractivity contribution in [3.63, 3.8) is 0 Å². The second-order valence-electron chi connectivity index (χ2n) is 6.65. The molecule has 2 aromatic rings. The summed E-state index contributed by atoms with van der Waals surface area (Å²) in [4.78, 5) is 16.7. The van der Waals surface area contributed by atoms with E-state index in [-0.39, 0.29) is 12.4 Å². The highest BCUT2D eigenvalue weighted by Gasteiger charge is 2.14. The quantitative estimate of drug-likeness (QED) is 0.275. The van der Waals surface area contributed by atoms with E-state index >= 15 is 0 Å². The zero-order chi connectivity index (χ0) is 20.0. The molecule has 0 aliphatic rings. The maximum atomic E-state index is 12.7. The van der Waals surface area contributed by atoms with Crippen molar-refractivity contribution in [3.8, 4) is 11.8 Å². The number of carbonyl (C=O) groups is 1. The Bertz CT molecular complexity index is 880. The van der Waals surface area contributed by atoms with Crippen molar-refractivity contribution in [2.24, 2.45) is 0 Å². The van der Waals surface area contributed by atoms with E-state index in [0.717, 1.165) is 16.9 Å². The number of rotatable bonds is 6. The summed E-state index contributed by atoms with van der Waals surface area (Å²) < 4.78 is 6.10. The van der Waals surface area contributed by atoms with Crippen LogP contribution < -0.4 is 9.80 Å². The molecule has 142 valence electrons. The Balaban J connectivity index is 2.41. The molecule has 4 nitrogen and oxygen atoms in total. The number of ketones is 1. The van der Waals surface area contributed by atoms with Gasteiger partial charge in [0.2, 0.25) is 5.78 Å². The molecule has 2 aromatic carbocycles. The van der Waals surface area contributed by atoms with E-state index in [9.17, 15) is 4.79 Å². The lowest BCUT2D eigenvalue weighted by atomic mass is 9.96. The first-order valence-electron chi connectivity index (χ1n) is 8.61. The highest BCUT2D eigenvalue weighted by molar-refractivity contribution is 14.1. The van der Waals surface area contributed by atoms with Gasteiger partial charge in [0.1, 0.15) is 6.61 Å². The van der Waals surface area contributed by atoms with Crippen LogP contribution in [-0.2, 0) is 11.2 Å². The Kier molecular flexibility index (Phi) is 7.69. The van der Waals surface area contributed by atoms with Gasteiger partial charge >= 0.3 is 0 Å². The molecule has 0 spiro atoms. The minimum atomic E-state index is -0.175. The third-order valence-electron chi connectivity index (χ3n) is 4.21. The van der Waals surface area contributed by atoms with Gasteiger partial charge in [0, 0.05) is 55.8 Å². The zero-order valence-corrected chi connectivity index (χ0v) is 18.6. The number of hydrogen-bond donors (Lipinski definition) is 0. The van der Waals surface area contributed by atoms with Crippen LogP contribution in [0.25, 0.3) is 0 Å². The number of carbonyl (C=O) groups excluding carboxylic acids is 1. The minimum Gasteiger partial charge on any atom is -0.378 e. The summed E-state index contributed by atoms with van der Waals surface area (Å²) in [5.41, 5.74) is 4.96. The van der Waals surface area contributed by atoms with Crippen molar-refractivity contribution in [2.75, 3.05) is 51.7 Å². The molecule has 0 unspecified atom stereocenters. The maximum Gasteiger partial charge on any atom is 0.236 e. The van der Waals surface area contributed by atoms with Gasteiger partial charge in [0.15, 0.2) is 0 Å². The Morgan fingerprint density at radius 3 is 2.15 bits per heavy atom. The molecule has 2 rings (SSSR count). The summed E-state index contributed by atoms with van der Waals surface area (Å²) in [6, 6.07) is 12.4. The van der Waals surface area contributed by atoms with Crippen molar-refractivity contribution < 1.29 is 9.53 Å². The molecule has 0 saturated heterocycles. The molecule has 27 heavy (non-hydrogen) atoms. The van der Waals surface area contributed by atoms with Crippen molar-refractivity contribution in [1.82, 2.24) is 0 Å². The monoisotopic (exact) mass is 476 g/mol. The van der Waals surface area contributed by atoms with Crippen LogP contribution in [0.5, 0.6) is 0 Å². The van der Waals surface area contributed by atoms with Gasteiger partial charge in [-0.2, -0.15) is 0 Å². The largest absolute Gasteiger partial charge is 0.378 e. The van der Waals surface area contributed by atoms with E-state index in [4.69, 9.17) is 4.74 Å². The Morgan fingerprint density at radius 2 is 1.59 bits per heavy atom. The highest BCUT2D eigenvalue weighted by atomic mass is 127. The number of nitrogens with zero attached hydrogens (tertiary/aromatic N) is 2. The Labute approximate surface area is 175 Å². The van der Waals surface area contributed by atoms with Crippen LogP contribution >= 0.6 is 22.6 Å². The standard InChI is InChI=1S/C22H25IN2O2/c1-24(2)18-10-8-16(20(14-18)22(26)7-6-12-27-5)13-17-9-11-19(25(3)4)15-21(17)23/h8-11,14-15H,12-13H2,1-5H3. The number of halogens is 1. The van der Waals surface area contributed by atoms with Gasteiger partial charge in [-0.3, -0.25) is 4.79 Å². The summed E-state index contributed by atoms with van der Waals surface area (Å²) in [6.07, 6.45) is 0.687. The first-order chi connectivity index (χ1) is 12.8. The maximum absolute atomic E-state index is 12.7. The molecule has 0 saturated carbocycles. The summed E-state index contributed by atoms with van der Waals surface area (Å²) in [5, 5.41) is 0. The third kappa shape index (κ3) is 5.72. The molecule has 0 aliphatic heterocycles. The normalized spacial score (nSPS) is 10.1. The van der Waals surface area contributed by atoms with Crippen LogP contribution in [0.2, 0.25) is 0 Å². The van der Waals surface area contributed by atoms with Crippen molar-refractivity contribution in [3.05, 3.63) is 56.7 Å². The molecular formula is C22H25IN2O2. The molecule has 5 heteroatoms. The van der Waals surface area contributed by atoms with E-state index in [2.05, 4.69) is 57.5 Å². The predicted molar refractivity (Wildman–Crippen MR) is 121 cm³/mol. The molecular weight excluding hydrogens is 451 g/mol. The molecule has 0 aromatic heterocycles. The fourth-order valence-corrected chi connectivity index (χ4v) is 3.32. The van der Waals surface area contributed by atoms with Gasteiger partial charge < -0.3 is 14.5 Å². The number of methoxy groups -OCH3 is 1. The van der Waals surface area contributed by atoms with Gasteiger partial charge in [0.25, 0.3) is 0 Å². The van der Waals surface area contributed by atoms with Crippen molar-refractivity contribution >= 4 is 39.7 Å². The molecule has 0 bridgehead atoms. The van der Waals surface area contributed by atoms with Gasteiger partial charge in [-0.05, 0) is 70.3 Å². The first kappa shape index (κ1) is 21.3. The van der Waals surface area contributed by atoms with Crippen LogP contribution in [0.1, 0.15) is 21.5 Å². The minimum absolute atomic E-state index is 0.175. The SMILES string of the molecule is COCC#CC(=O)c1cc(N(C)C)ccc1Cc1ccc(N(C)C)cc1I. The van der Waals surface area contributed by atoms with Crippen LogP contribution in [0.4, 0.5) is 11.4 Å². The number of hydrogen-bond acceptors (Lipinski definition) is 4. The van der Waals surface area contributed by atoms with Crippen molar-refractivity contribution in [1.29, 1.82) is 0 Å². The summed E-state index contributed by atoms with van der Waals surface area (Å²) in [5.74, 6) is 5.28. The lowest BCUT2D eigenvalue weighted by molar-refractivity contribution is 0.105. The third-order valence-corrected chi connectivity index (χ3v) is 5.21. The lowest BCUT2D eigenvalue weighted by Crippen LogP contribution is -2.12. The van der Waals surface area contributed by atoms with Crippen LogP contribution in [0.15, 0.2) is 36.4 Å². The Hall–Kier alpha value is -2.04. The second-order valence-corrected chi connectivity index (χ2v) is 7.81. The van der Waals surface area contributed by atoms with Gasteiger partial charge in [-0.15, -0.1) is 0 Å². The highest BCUT2D eigenvalue weighted by Crippen LogP contribution is 2.25. The second kappa shape index (κ2) is 9.77. The zero-order valence-electron chi connectivity index (χ0n) is 16.5. The molecule has 0 heterocycles. The Morgan fingerprint density at radius 1 is 1.00 bits per heavy atom. The van der Waals surface area contributed by atoms with Crippen molar-refractivity contribution in [2.45, 2.75) is 6.42 Å². The van der Waals surface area contributed by atoms with Crippen LogP contribution in [0, 0.1) is 15.4 Å². The number of Topliss-reactive ketones (excluding diaryl/α,β-unsaturated/α-hetero) is 1. The molecule has 0 atom stereocenters. The fraction of sp³-hybridized carbons (Fsp3) is 0.318. The molecule has 0 fully saturated rings. The molecule has 0 amide bonds. The van der Waals surface area contributed by atoms with Crippen LogP contribution in [0.3, 0.4) is 0 Å². The van der Waals surface area contributed by atoms with E-state index in [1.165, 1.54) is 9.13 Å². The van der Waals surface area contributed by atoms with E-state index in [1.54, 1.807) is 7.11 Å². The van der Waals surface area contributed by atoms with E-state index < -0.39 is 0 Å². The average molecular weight is 476 g/mol. The average Bonchev–Trinajstić information content (AvgIpc) is 2.63. The predicted octanol–water partition coefficient (Wildman–Crippen LogP) is 3.85. The lowest BCUT2D eigenvalue weighted by Gasteiger charge is -2.17. The topological polar surface area (TPSA) is 32.8 Å². The van der Waals surface area contributed by atoms with E-state index in [0.29, 0.717) is 12.0 Å². The van der Waals surface area contributed by atoms with Gasteiger partial charge in [0.05, 0.1) is 0 Å². The summed E-state index contributed by atoms with van der Waals surface area (Å²) in [6.45, 7) is 0.248. The number of benzene rings is 2. The number of ether oxygens (including phenoxy) is 1. The number of anilines is 2. The summed E-state index contributed by atoms with van der Waals surface area (Å²) in [7, 11) is 9.54. The van der Waals surface area contributed by atoms with Crippen LogP contribution in [-0.4, -0.2) is 47.7 Å². The molecule has 0 N–H and O–H groups in total. The van der Waals surface area contributed by atoms with Gasteiger partial charge in [-0.25, -0.2) is 0 Å². The molecule has 0 radical (unpaired) electrons. The smallest absolute Gasteiger partial charge is 0.236 e. The first-order valence-corrected chi connectivity index (χ1v) is 9.69. The fourth-order valence-electron chi connectivity index (χ4n) is 2.63. The summed E-state index contributed by atoms with van der Waals surface area (Å²) >= 11 is 2.36. The molecule has 0 aliphatic carbocycles.